The number of ether oxygens (including phenoxy) is 1. The fourth-order valence-corrected chi connectivity index (χ4v) is 3.09. The van der Waals surface area contributed by atoms with Crippen molar-refractivity contribution in [3.8, 4) is 0 Å². The van der Waals surface area contributed by atoms with Gasteiger partial charge in [-0.05, 0) is 37.3 Å². The molecule has 2 N–H and O–H groups in total. The molecule has 8 heteroatoms. The highest BCUT2D eigenvalue weighted by atomic mass is 32.1. The largest absolute Gasteiger partial charge is 0.459 e. The van der Waals surface area contributed by atoms with E-state index in [2.05, 4.69) is 20.4 Å². The van der Waals surface area contributed by atoms with Crippen LogP contribution in [0.15, 0.2) is 48.5 Å². The Morgan fingerprint density at radius 2 is 1.85 bits per heavy atom. The molecule has 0 fully saturated rings. The molecule has 3 aromatic rings. The summed E-state index contributed by atoms with van der Waals surface area (Å²) in [4.78, 5) is 39.5. The third-order valence-corrected chi connectivity index (χ3v) is 4.30. The van der Waals surface area contributed by atoms with Gasteiger partial charge in [0.1, 0.15) is 0 Å². The van der Waals surface area contributed by atoms with Crippen LogP contribution in [0.1, 0.15) is 17.3 Å². The van der Waals surface area contributed by atoms with E-state index >= 15 is 0 Å². The van der Waals surface area contributed by atoms with E-state index in [9.17, 15) is 14.4 Å². The molecular formula is C18H15N3O4S. The van der Waals surface area contributed by atoms with Gasteiger partial charge in [0.25, 0.3) is 5.91 Å². The van der Waals surface area contributed by atoms with Crippen molar-refractivity contribution in [2.75, 3.05) is 17.2 Å². The first kappa shape index (κ1) is 17.6. The zero-order valence-corrected chi connectivity index (χ0v) is 14.6. The number of carbonyl (C=O) groups excluding carboxylic acids is 3. The van der Waals surface area contributed by atoms with E-state index in [-0.39, 0.29) is 17.6 Å². The van der Waals surface area contributed by atoms with Crippen LogP contribution in [0, 0.1) is 0 Å². The Kier molecular flexibility index (Phi) is 5.23. The van der Waals surface area contributed by atoms with Crippen LogP contribution < -0.4 is 10.6 Å². The number of benzene rings is 2. The van der Waals surface area contributed by atoms with Crippen LogP contribution in [0.2, 0.25) is 0 Å². The van der Waals surface area contributed by atoms with E-state index in [0.717, 1.165) is 4.70 Å². The Morgan fingerprint density at radius 3 is 2.58 bits per heavy atom. The number of thiazole rings is 1. The smallest absolute Gasteiger partial charge is 0.397 e. The molecule has 0 unspecified atom stereocenters. The normalized spacial score (nSPS) is 10.3. The monoisotopic (exact) mass is 369 g/mol. The van der Waals surface area contributed by atoms with Gasteiger partial charge in [-0.15, -0.1) is 0 Å². The molecule has 0 saturated heterocycles. The summed E-state index contributed by atoms with van der Waals surface area (Å²) < 4.78 is 5.39. The number of anilines is 2. The zero-order chi connectivity index (χ0) is 18.5. The molecule has 1 heterocycles. The van der Waals surface area contributed by atoms with Gasteiger partial charge >= 0.3 is 11.9 Å². The molecule has 0 atom stereocenters. The summed E-state index contributed by atoms with van der Waals surface area (Å²) in [7, 11) is 0. The summed E-state index contributed by atoms with van der Waals surface area (Å²) in [5, 5.41) is 5.50. The van der Waals surface area contributed by atoms with Gasteiger partial charge in [-0.1, -0.05) is 29.5 Å². The number of fused-ring (bicyclic) bond motifs is 1. The Balaban J connectivity index is 1.74. The predicted molar refractivity (Wildman–Crippen MR) is 99.3 cm³/mol. The number of aromatic nitrogens is 1. The molecule has 132 valence electrons. The van der Waals surface area contributed by atoms with Gasteiger partial charge in [0, 0.05) is 11.3 Å². The van der Waals surface area contributed by atoms with E-state index < -0.39 is 11.9 Å². The number of hydrogen-bond donors (Lipinski definition) is 2. The lowest BCUT2D eigenvalue weighted by Gasteiger charge is -2.04. The molecule has 0 spiro atoms. The van der Waals surface area contributed by atoms with Gasteiger partial charge < -0.3 is 10.1 Å². The Labute approximate surface area is 153 Å². The van der Waals surface area contributed by atoms with Crippen molar-refractivity contribution in [1.82, 2.24) is 4.98 Å². The van der Waals surface area contributed by atoms with Crippen LogP contribution in [-0.2, 0) is 14.3 Å². The molecule has 26 heavy (non-hydrogen) atoms. The third-order valence-electron chi connectivity index (χ3n) is 3.36. The minimum Gasteiger partial charge on any atom is -0.459 e. The van der Waals surface area contributed by atoms with Crippen molar-refractivity contribution < 1.29 is 19.1 Å². The van der Waals surface area contributed by atoms with Gasteiger partial charge in [0.15, 0.2) is 5.13 Å². The van der Waals surface area contributed by atoms with Crippen molar-refractivity contribution in [3.63, 3.8) is 0 Å². The van der Waals surface area contributed by atoms with Crippen LogP contribution >= 0.6 is 11.3 Å². The lowest BCUT2D eigenvalue weighted by Crippen LogP contribution is -2.24. The lowest BCUT2D eigenvalue weighted by molar-refractivity contribution is -0.152. The molecular weight excluding hydrogens is 354 g/mol. The molecule has 2 amide bonds. The van der Waals surface area contributed by atoms with Crippen LogP contribution in [0.4, 0.5) is 10.8 Å². The molecule has 0 aliphatic rings. The Morgan fingerprint density at radius 1 is 1.08 bits per heavy atom. The summed E-state index contributed by atoms with van der Waals surface area (Å²) in [6.45, 7) is 1.74. The number of amides is 2. The van der Waals surface area contributed by atoms with Gasteiger partial charge in [-0.2, -0.15) is 0 Å². The molecule has 3 rings (SSSR count). The van der Waals surface area contributed by atoms with Gasteiger partial charge in [-0.25, -0.2) is 9.78 Å². The van der Waals surface area contributed by atoms with E-state index in [0.29, 0.717) is 16.8 Å². The van der Waals surface area contributed by atoms with Gasteiger partial charge in [0.2, 0.25) is 0 Å². The number of esters is 1. The number of nitrogens with one attached hydrogen (secondary N) is 2. The highest BCUT2D eigenvalue weighted by molar-refractivity contribution is 7.22. The van der Waals surface area contributed by atoms with E-state index in [4.69, 9.17) is 0 Å². The van der Waals surface area contributed by atoms with E-state index in [1.807, 2.05) is 6.07 Å². The molecule has 0 radical (unpaired) electrons. The summed E-state index contributed by atoms with van der Waals surface area (Å²) in [5.41, 5.74) is 1.81. The number of hydrogen-bond acceptors (Lipinski definition) is 6. The zero-order valence-electron chi connectivity index (χ0n) is 13.8. The predicted octanol–water partition coefficient (Wildman–Crippen LogP) is 3.05. The van der Waals surface area contributed by atoms with Crippen LogP contribution in [-0.4, -0.2) is 29.4 Å². The SMILES string of the molecule is CCOC(=O)C(=O)Nc1nc2ccc(NC(=O)c3ccccc3)cc2s1. The van der Waals surface area contributed by atoms with Crippen molar-refractivity contribution >= 4 is 50.2 Å². The fourth-order valence-electron chi connectivity index (χ4n) is 2.19. The maximum atomic E-state index is 12.2. The molecule has 7 nitrogen and oxygen atoms in total. The third kappa shape index (κ3) is 4.04. The van der Waals surface area contributed by atoms with Gasteiger partial charge in [0.05, 0.1) is 16.8 Å². The van der Waals surface area contributed by atoms with Crippen LogP contribution in [0.25, 0.3) is 10.2 Å². The molecule has 0 saturated carbocycles. The van der Waals surface area contributed by atoms with E-state index in [1.165, 1.54) is 11.3 Å². The standard InChI is InChI=1S/C18H15N3O4S/c1-2-25-17(24)16(23)21-18-20-13-9-8-12(10-14(13)26-18)19-15(22)11-6-4-3-5-7-11/h3-10H,2H2,1H3,(H,19,22)(H,20,21,23). The molecule has 2 aromatic carbocycles. The van der Waals surface area contributed by atoms with E-state index in [1.54, 1.807) is 49.4 Å². The van der Waals surface area contributed by atoms with Gasteiger partial charge in [-0.3, -0.25) is 14.9 Å². The average molecular weight is 369 g/mol. The highest BCUT2D eigenvalue weighted by Crippen LogP contribution is 2.28. The maximum Gasteiger partial charge on any atom is 0.397 e. The summed E-state index contributed by atoms with van der Waals surface area (Å²) in [6.07, 6.45) is 0. The second kappa shape index (κ2) is 7.75. The number of rotatable bonds is 4. The minimum atomic E-state index is -0.956. The summed E-state index contributed by atoms with van der Waals surface area (Å²) >= 11 is 1.20. The van der Waals surface area contributed by atoms with Crippen LogP contribution in [0.3, 0.4) is 0 Å². The minimum absolute atomic E-state index is 0.122. The first-order valence-corrected chi connectivity index (χ1v) is 8.63. The molecule has 0 bridgehead atoms. The quantitative estimate of drug-likeness (QED) is 0.544. The fraction of sp³-hybridized carbons (Fsp3) is 0.111. The average Bonchev–Trinajstić information content (AvgIpc) is 3.04. The lowest BCUT2D eigenvalue weighted by atomic mass is 10.2. The number of nitrogens with zero attached hydrogens (tertiary/aromatic N) is 1. The van der Waals surface area contributed by atoms with Crippen LogP contribution in [0.5, 0.6) is 0 Å². The van der Waals surface area contributed by atoms with Crippen molar-refractivity contribution in [3.05, 3.63) is 54.1 Å². The second-order valence-corrected chi connectivity index (χ2v) is 6.23. The Hall–Kier alpha value is -3.26. The molecule has 0 aliphatic heterocycles. The first-order chi connectivity index (χ1) is 12.6. The van der Waals surface area contributed by atoms with Crippen molar-refractivity contribution in [2.24, 2.45) is 0 Å². The van der Waals surface area contributed by atoms with Crippen molar-refractivity contribution in [1.29, 1.82) is 0 Å². The van der Waals surface area contributed by atoms with Crippen molar-refractivity contribution in [2.45, 2.75) is 6.92 Å². The maximum absolute atomic E-state index is 12.2. The summed E-state index contributed by atoms with van der Waals surface area (Å²) in [5.74, 6) is -2.05. The second-order valence-electron chi connectivity index (χ2n) is 5.20. The molecule has 0 aliphatic carbocycles. The highest BCUT2D eigenvalue weighted by Gasteiger charge is 2.17. The summed E-state index contributed by atoms with van der Waals surface area (Å²) in [6, 6.07) is 14.1. The molecule has 1 aromatic heterocycles. The number of carbonyl (C=O) groups is 3. The first-order valence-electron chi connectivity index (χ1n) is 7.82. The topological polar surface area (TPSA) is 97.4 Å². The Bertz CT molecular complexity index is 969.